The van der Waals surface area contributed by atoms with Gasteiger partial charge in [0, 0.05) is 5.56 Å². The molecule has 0 aliphatic rings. The van der Waals surface area contributed by atoms with Crippen molar-refractivity contribution < 1.29 is 27.4 Å². The topological polar surface area (TPSA) is 103 Å². The molecule has 33 heavy (non-hydrogen) atoms. The van der Waals surface area contributed by atoms with Gasteiger partial charge >= 0.3 is 5.97 Å². The Kier molecular flexibility index (Phi) is 8.04. The van der Waals surface area contributed by atoms with Crippen LogP contribution in [0.1, 0.15) is 28.4 Å². The van der Waals surface area contributed by atoms with Crippen LogP contribution in [0.4, 0.5) is 0 Å². The standard InChI is InChI=1S/C24H24N2O6S/c1-3-31-21-12-14-22(15-13-21)33(28,29)26-25-16-20-6-4-5-7-23(20)32-17-18-8-10-19(11-9-18)24(27)30-2/h4-16,26H,3,17H2,1-2H3. The monoisotopic (exact) mass is 468 g/mol. The molecule has 0 heterocycles. The molecule has 1 N–H and O–H groups in total. The summed E-state index contributed by atoms with van der Waals surface area (Å²) < 4.78 is 40.8. The molecule has 9 heteroatoms. The first-order chi connectivity index (χ1) is 15.9. The van der Waals surface area contributed by atoms with Crippen molar-refractivity contribution in [2.45, 2.75) is 18.4 Å². The van der Waals surface area contributed by atoms with Crippen molar-refractivity contribution in [3.05, 3.63) is 89.5 Å². The number of nitrogens with one attached hydrogen (secondary N) is 1. The quantitative estimate of drug-likeness (QED) is 0.276. The van der Waals surface area contributed by atoms with Crippen molar-refractivity contribution in [3.63, 3.8) is 0 Å². The number of sulfonamides is 1. The van der Waals surface area contributed by atoms with Crippen LogP contribution in [0.25, 0.3) is 0 Å². The minimum absolute atomic E-state index is 0.0723. The molecule has 3 aromatic carbocycles. The van der Waals surface area contributed by atoms with E-state index in [-0.39, 0.29) is 11.5 Å². The molecule has 0 aliphatic heterocycles. The summed E-state index contributed by atoms with van der Waals surface area (Å²) in [5, 5.41) is 3.88. The third-order valence-corrected chi connectivity index (χ3v) is 5.75. The second-order valence-electron chi connectivity index (χ2n) is 6.77. The van der Waals surface area contributed by atoms with E-state index in [0.717, 1.165) is 5.56 Å². The summed E-state index contributed by atoms with van der Waals surface area (Å²) >= 11 is 0. The highest BCUT2D eigenvalue weighted by atomic mass is 32.2. The first-order valence-corrected chi connectivity index (χ1v) is 11.6. The number of esters is 1. The van der Waals surface area contributed by atoms with Gasteiger partial charge in [0.05, 0.1) is 30.4 Å². The summed E-state index contributed by atoms with van der Waals surface area (Å²) in [4.78, 5) is 13.8. The van der Waals surface area contributed by atoms with E-state index in [2.05, 4.69) is 14.7 Å². The largest absolute Gasteiger partial charge is 0.494 e. The molecule has 0 aromatic heterocycles. The van der Waals surface area contributed by atoms with Crippen molar-refractivity contribution in [1.82, 2.24) is 4.83 Å². The highest BCUT2D eigenvalue weighted by Crippen LogP contribution is 2.19. The van der Waals surface area contributed by atoms with Crippen molar-refractivity contribution in [3.8, 4) is 11.5 Å². The van der Waals surface area contributed by atoms with Crippen LogP contribution in [0.15, 0.2) is 82.8 Å². The van der Waals surface area contributed by atoms with Gasteiger partial charge in [0.15, 0.2) is 0 Å². The first-order valence-electron chi connectivity index (χ1n) is 10.1. The maximum absolute atomic E-state index is 12.5. The van der Waals surface area contributed by atoms with E-state index in [0.29, 0.717) is 29.2 Å². The molecule has 3 rings (SSSR count). The van der Waals surface area contributed by atoms with Crippen molar-refractivity contribution in [2.75, 3.05) is 13.7 Å². The number of ether oxygens (including phenoxy) is 3. The average Bonchev–Trinajstić information content (AvgIpc) is 2.84. The third-order valence-electron chi connectivity index (χ3n) is 4.51. The molecule has 172 valence electrons. The summed E-state index contributed by atoms with van der Waals surface area (Å²) in [7, 11) is -2.50. The minimum Gasteiger partial charge on any atom is -0.494 e. The fourth-order valence-corrected chi connectivity index (χ4v) is 3.63. The lowest BCUT2D eigenvalue weighted by molar-refractivity contribution is 0.0600. The molecule has 0 amide bonds. The Hall–Kier alpha value is -3.85. The van der Waals surface area contributed by atoms with E-state index < -0.39 is 16.0 Å². The predicted molar refractivity (Wildman–Crippen MR) is 124 cm³/mol. The molecule has 0 spiro atoms. The van der Waals surface area contributed by atoms with Crippen LogP contribution in [-0.4, -0.2) is 34.3 Å². The SMILES string of the molecule is CCOc1ccc(S(=O)(=O)NN=Cc2ccccc2OCc2ccc(C(=O)OC)cc2)cc1. The lowest BCUT2D eigenvalue weighted by Gasteiger charge is -2.10. The molecule has 8 nitrogen and oxygen atoms in total. The lowest BCUT2D eigenvalue weighted by atomic mass is 10.1. The third kappa shape index (κ3) is 6.56. The maximum atomic E-state index is 12.5. The summed E-state index contributed by atoms with van der Waals surface area (Å²) in [5.74, 6) is 0.709. The van der Waals surface area contributed by atoms with Gasteiger partial charge < -0.3 is 14.2 Å². The Bertz CT molecular complexity index is 1210. The number of benzene rings is 3. The van der Waals surface area contributed by atoms with Crippen LogP contribution in [0.2, 0.25) is 0 Å². The van der Waals surface area contributed by atoms with Crippen LogP contribution in [-0.2, 0) is 21.4 Å². The summed E-state index contributed by atoms with van der Waals surface area (Å²) in [6.07, 6.45) is 1.38. The van der Waals surface area contributed by atoms with Gasteiger partial charge in [0.25, 0.3) is 10.0 Å². The molecule has 0 fully saturated rings. The highest BCUT2D eigenvalue weighted by molar-refractivity contribution is 7.89. The van der Waals surface area contributed by atoms with Gasteiger partial charge in [-0.3, -0.25) is 0 Å². The Morgan fingerprint density at radius 3 is 2.33 bits per heavy atom. The van der Waals surface area contributed by atoms with Gasteiger partial charge in [-0.05, 0) is 61.0 Å². The van der Waals surface area contributed by atoms with Crippen LogP contribution < -0.4 is 14.3 Å². The Balaban J connectivity index is 1.64. The summed E-state index contributed by atoms with van der Waals surface area (Å²) in [5.41, 5.74) is 1.90. The van der Waals surface area contributed by atoms with E-state index >= 15 is 0 Å². The zero-order valence-corrected chi connectivity index (χ0v) is 19.0. The van der Waals surface area contributed by atoms with E-state index in [1.807, 2.05) is 6.92 Å². The zero-order valence-electron chi connectivity index (χ0n) is 18.2. The number of carbonyl (C=O) groups excluding carboxylic acids is 1. The van der Waals surface area contributed by atoms with Crippen molar-refractivity contribution >= 4 is 22.2 Å². The number of hydrogen-bond donors (Lipinski definition) is 1. The number of methoxy groups -OCH3 is 1. The number of para-hydroxylation sites is 1. The van der Waals surface area contributed by atoms with Crippen molar-refractivity contribution in [1.29, 1.82) is 0 Å². The fourth-order valence-electron chi connectivity index (χ4n) is 2.83. The number of hydrogen-bond acceptors (Lipinski definition) is 7. The van der Waals surface area contributed by atoms with Crippen LogP contribution >= 0.6 is 0 Å². The molecular weight excluding hydrogens is 444 g/mol. The van der Waals surface area contributed by atoms with Gasteiger partial charge in [-0.1, -0.05) is 24.3 Å². The minimum atomic E-state index is -3.83. The lowest BCUT2D eigenvalue weighted by Crippen LogP contribution is -2.18. The summed E-state index contributed by atoms with van der Waals surface area (Å²) in [6, 6.07) is 20.0. The number of hydrazone groups is 1. The average molecular weight is 469 g/mol. The first kappa shape index (κ1) is 23.8. The van der Waals surface area contributed by atoms with Crippen LogP contribution in [0, 0.1) is 0 Å². The smallest absolute Gasteiger partial charge is 0.337 e. The molecule has 0 atom stereocenters. The van der Waals surface area contributed by atoms with Gasteiger partial charge in [-0.15, -0.1) is 0 Å². The molecule has 0 unspecified atom stereocenters. The van der Waals surface area contributed by atoms with Gasteiger partial charge in [0.1, 0.15) is 18.1 Å². The maximum Gasteiger partial charge on any atom is 0.337 e. The molecule has 3 aromatic rings. The molecule has 0 saturated carbocycles. The number of rotatable bonds is 10. The second kappa shape index (κ2) is 11.1. The van der Waals surface area contributed by atoms with Crippen LogP contribution in [0.3, 0.4) is 0 Å². The summed E-state index contributed by atoms with van der Waals surface area (Å²) in [6.45, 7) is 2.60. The van der Waals surface area contributed by atoms with Gasteiger partial charge in [-0.25, -0.2) is 9.63 Å². The van der Waals surface area contributed by atoms with Gasteiger partial charge in [-0.2, -0.15) is 13.5 Å². The Morgan fingerprint density at radius 1 is 0.970 bits per heavy atom. The van der Waals surface area contributed by atoms with Gasteiger partial charge in [0.2, 0.25) is 0 Å². The molecule has 0 bridgehead atoms. The molecule has 0 aliphatic carbocycles. The molecule has 0 radical (unpaired) electrons. The normalized spacial score (nSPS) is 11.2. The van der Waals surface area contributed by atoms with Crippen LogP contribution in [0.5, 0.6) is 11.5 Å². The predicted octanol–water partition coefficient (Wildman–Crippen LogP) is 3.76. The second-order valence-corrected chi connectivity index (χ2v) is 8.43. The number of nitrogens with zero attached hydrogens (tertiary/aromatic N) is 1. The Labute approximate surface area is 192 Å². The van der Waals surface area contributed by atoms with E-state index in [4.69, 9.17) is 9.47 Å². The highest BCUT2D eigenvalue weighted by Gasteiger charge is 2.13. The Morgan fingerprint density at radius 2 is 1.67 bits per heavy atom. The number of carbonyl (C=O) groups is 1. The van der Waals surface area contributed by atoms with E-state index in [1.54, 1.807) is 60.7 Å². The van der Waals surface area contributed by atoms with E-state index in [9.17, 15) is 13.2 Å². The zero-order chi connectivity index (χ0) is 23.7. The van der Waals surface area contributed by atoms with Crippen molar-refractivity contribution in [2.24, 2.45) is 5.10 Å². The van der Waals surface area contributed by atoms with E-state index in [1.165, 1.54) is 25.5 Å². The molecular formula is C24H24N2O6S. The molecule has 0 saturated heterocycles. The fraction of sp³-hybridized carbons (Fsp3) is 0.167.